The Labute approximate surface area is 121 Å². The number of fused-ring (bicyclic) bond motifs is 1. The Hall–Kier alpha value is -1.88. The number of benzene rings is 1. The second kappa shape index (κ2) is 4.06. The minimum absolute atomic E-state index is 0.198. The highest BCUT2D eigenvalue weighted by atomic mass is 35.5. The first-order chi connectivity index (χ1) is 9.65. The third kappa shape index (κ3) is 1.66. The van der Waals surface area contributed by atoms with Crippen molar-refractivity contribution in [3.8, 4) is 22.8 Å². The lowest BCUT2D eigenvalue weighted by Crippen LogP contribution is -2.00. The molecule has 6 heteroatoms. The van der Waals surface area contributed by atoms with Crippen molar-refractivity contribution in [1.82, 2.24) is 9.55 Å². The molecule has 1 saturated carbocycles. The Balaban J connectivity index is 1.85. The summed E-state index contributed by atoms with van der Waals surface area (Å²) in [4.78, 5) is 4.69. The van der Waals surface area contributed by atoms with E-state index in [9.17, 15) is 0 Å². The van der Waals surface area contributed by atoms with Crippen molar-refractivity contribution >= 4 is 17.4 Å². The molecule has 0 spiro atoms. The van der Waals surface area contributed by atoms with Gasteiger partial charge in [0.2, 0.25) is 6.79 Å². The van der Waals surface area contributed by atoms with Crippen molar-refractivity contribution in [1.29, 1.82) is 0 Å². The van der Waals surface area contributed by atoms with Crippen LogP contribution < -0.4 is 15.2 Å². The number of nitrogens with two attached hydrogens (primary N) is 1. The van der Waals surface area contributed by atoms with Gasteiger partial charge in [0.15, 0.2) is 11.5 Å². The Morgan fingerprint density at radius 1 is 1.35 bits per heavy atom. The van der Waals surface area contributed by atoms with Crippen LogP contribution in [-0.4, -0.2) is 16.3 Å². The van der Waals surface area contributed by atoms with Crippen molar-refractivity contribution < 1.29 is 9.47 Å². The lowest BCUT2D eigenvalue weighted by Gasteiger charge is -2.04. The van der Waals surface area contributed by atoms with Gasteiger partial charge in [-0.15, -0.1) is 0 Å². The second-order valence-corrected chi connectivity index (χ2v) is 5.64. The SMILES string of the molecule is Cn1c(C2CC2)nc(-c2cc(Cl)c3c(c2)OCO3)c1N. The van der Waals surface area contributed by atoms with E-state index in [1.807, 2.05) is 23.7 Å². The van der Waals surface area contributed by atoms with Gasteiger partial charge in [-0.3, -0.25) is 0 Å². The fraction of sp³-hybridized carbons (Fsp3) is 0.357. The van der Waals surface area contributed by atoms with Gasteiger partial charge in [-0.05, 0) is 25.0 Å². The van der Waals surface area contributed by atoms with Crippen molar-refractivity contribution in [2.75, 3.05) is 12.5 Å². The van der Waals surface area contributed by atoms with E-state index in [2.05, 4.69) is 0 Å². The fourth-order valence-corrected chi connectivity index (χ4v) is 2.82. The first kappa shape index (κ1) is 11.9. The van der Waals surface area contributed by atoms with E-state index in [-0.39, 0.29) is 6.79 Å². The fourth-order valence-electron chi connectivity index (χ4n) is 2.55. The summed E-state index contributed by atoms with van der Waals surface area (Å²) >= 11 is 6.22. The van der Waals surface area contributed by atoms with Gasteiger partial charge in [0.1, 0.15) is 17.3 Å². The van der Waals surface area contributed by atoms with Crippen LogP contribution in [-0.2, 0) is 7.05 Å². The zero-order chi connectivity index (χ0) is 13.9. The van der Waals surface area contributed by atoms with Crippen LogP contribution in [0.15, 0.2) is 12.1 Å². The molecule has 1 aliphatic carbocycles. The standard InChI is InChI=1S/C14H14ClN3O2/c1-18-13(16)11(17-14(18)7-2-3-7)8-4-9(15)12-10(5-8)19-6-20-12/h4-5,7H,2-3,6,16H2,1H3. The number of nitrogens with zero attached hydrogens (tertiary/aromatic N) is 2. The largest absolute Gasteiger partial charge is 0.454 e. The molecule has 1 aromatic heterocycles. The molecule has 20 heavy (non-hydrogen) atoms. The van der Waals surface area contributed by atoms with Crippen LogP contribution in [0.25, 0.3) is 11.3 Å². The van der Waals surface area contributed by atoms with Gasteiger partial charge in [0, 0.05) is 18.5 Å². The van der Waals surface area contributed by atoms with E-state index >= 15 is 0 Å². The Kier molecular flexibility index (Phi) is 2.41. The van der Waals surface area contributed by atoms with Gasteiger partial charge in [-0.1, -0.05) is 11.6 Å². The van der Waals surface area contributed by atoms with Crippen LogP contribution in [0.5, 0.6) is 11.5 Å². The maximum Gasteiger partial charge on any atom is 0.231 e. The lowest BCUT2D eigenvalue weighted by atomic mass is 10.1. The third-order valence-electron chi connectivity index (χ3n) is 3.82. The van der Waals surface area contributed by atoms with Crippen molar-refractivity contribution in [3.05, 3.63) is 23.0 Å². The number of halogens is 1. The van der Waals surface area contributed by atoms with E-state index in [1.54, 1.807) is 0 Å². The maximum absolute atomic E-state index is 6.22. The van der Waals surface area contributed by atoms with E-state index in [4.69, 9.17) is 31.8 Å². The molecule has 0 bridgehead atoms. The molecule has 2 N–H and O–H groups in total. The first-order valence-electron chi connectivity index (χ1n) is 6.56. The minimum Gasteiger partial charge on any atom is -0.454 e. The molecule has 4 rings (SSSR count). The number of rotatable bonds is 2. The Morgan fingerprint density at radius 2 is 2.15 bits per heavy atom. The third-order valence-corrected chi connectivity index (χ3v) is 4.10. The number of imidazole rings is 1. The summed E-state index contributed by atoms with van der Waals surface area (Å²) in [6.07, 6.45) is 2.37. The average molecular weight is 292 g/mol. The van der Waals surface area contributed by atoms with Crippen LogP contribution in [0, 0.1) is 0 Å². The average Bonchev–Trinajstić information content (AvgIpc) is 3.07. The number of aromatic nitrogens is 2. The molecule has 2 aromatic rings. The number of ether oxygens (including phenoxy) is 2. The highest BCUT2D eigenvalue weighted by Gasteiger charge is 2.30. The summed E-state index contributed by atoms with van der Waals surface area (Å²) in [6, 6.07) is 3.70. The zero-order valence-electron chi connectivity index (χ0n) is 11.0. The second-order valence-electron chi connectivity index (χ2n) is 5.23. The molecule has 0 radical (unpaired) electrons. The number of hydrogen-bond acceptors (Lipinski definition) is 4. The number of anilines is 1. The normalized spacial score (nSPS) is 16.7. The van der Waals surface area contributed by atoms with Crippen LogP contribution in [0.2, 0.25) is 5.02 Å². The molecule has 0 saturated heterocycles. The van der Waals surface area contributed by atoms with Gasteiger partial charge < -0.3 is 19.8 Å². The number of nitrogen functional groups attached to an aromatic ring is 1. The van der Waals surface area contributed by atoms with Crippen LogP contribution in [0.3, 0.4) is 0 Å². The number of hydrogen-bond donors (Lipinski definition) is 1. The molecular weight excluding hydrogens is 278 g/mol. The van der Waals surface area contributed by atoms with E-state index in [0.29, 0.717) is 28.3 Å². The quantitative estimate of drug-likeness (QED) is 0.924. The maximum atomic E-state index is 6.22. The first-order valence-corrected chi connectivity index (χ1v) is 6.94. The van der Waals surface area contributed by atoms with Crippen molar-refractivity contribution in [2.45, 2.75) is 18.8 Å². The zero-order valence-corrected chi connectivity index (χ0v) is 11.8. The van der Waals surface area contributed by atoms with Gasteiger partial charge in [-0.2, -0.15) is 0 Å². The Bertz CT molecular complexity index is 707. The monoisotopic (exact) mass is 291 g/mol. The summed E-state index contributed by atoms with van der Waals surface area (Å²) in [5.41, 5.74) is 7.80. The van der Waals surface area contributed by atoms with Crippen LogP contribution >= 0.6 is 11.6 Å². The van der Waals surface area contributed by atoms with Crippen LogP contribution in [0.4, 0.5) is 5.82 Å². The molecule has 0 unspecified atom stereocenters. The van der Waals surface area contributed by atoms with Gasteiger partial charge in [0.05, 0.1) is 5.02 Å². The molecule has 5 nitrogen and oxygen atoms in total. The molecule has 1 aliphatic heterocycles. The molecule has 1 aromatic carbocycles. The molecule has 2 heterocycles. The van der Waals surface area contributed by atoms with Gasteiger partial charge in [0.25, 0.3) is 0 Å². The topological polar surface area (TPSA) is 62.3 Å². The highest BCUT2D eigenvalue weighted by Crippen LogP contribution is 2.45. The summed E-state index contributed by atoms with van der Waals surface area (Å²) in [5, 5.41) is 0.521. The van der Waals surface area contributed by atoms with Gasteiger partial charge in [-0.25, -0.2) is 4.98 Å². The molecule has 1 fully saturated rings. The molecule has 104 valence electrons. The van der Waals surface area contributed by atoms with Crippen LogP contribution in [0.1, 0.15) is 24.6 Å². The molecular formula is C14H14ClN3O2. The predicted octanol–water partition coefficient (Wildman–Crippen LogP) is 2.93. The smallest absolute Gasteiger partial charge is 0.231 e. The van der Waals surface area contributed by atoms with Crippen molar-refractivity contribution in [2.24, 2.45) is 7.05 Å². The summed E-state index contributed by atoms with van der Waals surface area (Å²) in [6.45, 7) is 0.198. The summed E-state index contributed by atoms with van der Waals surface area (Å²) in [5.74, 6) is 3.48. The van der Waals surface area contributed by atoms with Crippen molar-refractivity contribution in [3.63, 3.8) is 0 Å². The van der Waals surface area contributed by atoms with E-state index in [0.717, 1.165) is 17.1 Å². The van der Waals surface area contributed by atoms with E-state index in [1.165, 1.54) is 12.8 Å². The summed E-state index contributed by atoms with van der Waals surface area (Å²) in [7, 11) is 1.95. The highest BCUT2D eigenvalue weighted by molar-refractivity contribution is 6.32. The molecule has 2 aliphatic rings. The minimum atomic E-state index is 0.198. The lowest BCUT2D eigenvalue weighted by molar-refractivity contribution is 0.174. The predicted molar refractivity (Wildman–Crippen MR) is 76.2 cm³/mol. The molecule has 0 atom stereocenters. The molecule has 0 amide bonds. The van der Waals surface area contributed by atoms with E-state index < -0.39 is 0 Å². The summed E-state index contributed by atoms with van der Waals surface area (Å²) < 4.78 is 12.7. The Morgan fingerprint density at radius 3 is 2.90 bits per heavy atom. The van der Waals surface area contributed by atoms with Gasteiger partial charge >= 0.3 is 0 Å².